The number of carbonyl (C=O) groups is 2. The Morgan fingerprint density at radius 3 is 2.24 bits per heavy atom. The lowest BCUT2D eigenvalue weighted by Crippen LogP contribution is -2.88. The predicted octanol–water partition coefficient (Wildman–Crippen LogP) is 3.46. The molecule has 0 saturated carbocycles. The molecule has 0 heterocycles. The SMILES string of the molecule is CC[C@H](C)c1ccc([C@@H]([NH2+]CC(=O)Nc2cccc(C(=O)NC)c2)C(C)C)cc1. The molecule has 2 aromatic carbocycles. The second-order valence-electron chi connectivity index (χ2n) is 7.89. The number of hydrogen-bond acceptors (Lipinski definition) is 2. The molecular weight excluding hydrogens is 362 g/mol. The van der Waals surface area contributed by atoms with Gasteiger partial charge in [0.25, 0.3) is 11.8 Å². The molecule has 4 N–H and O–H groups in total. The highest BCUT2D eigenvalue weighted by Crippen LogP contribution is 2.23. The maximum absolute atomic E-state index is 12.5. The van der Waals surface area contributed by atoms with E-state index in [0.717, 1.165) is 6.42 Å². The number of anilines is 1. The molecule has 2 atom stereocenters. The summed E-state index contributed by atoms with van der Waals surface area (Å²) >= 11 is 0. The third-order valence-corrected chi connectivity index (χ3v) is 5.41. The lowest BCUT2D eigenvalue weighted by atomic mass is 9.92. The van der Waals surface area contributed by atoms with Gasteiger partial charge in [-0.1, -0.05) is 58.0 Å². The van der Waals surface area contributed by atoms with Gasteiger partial charge in [-0.3, -0.25) is 9.59 Å². The molecule has 2 aromatic rings. The number of quaternary nitrogens is 1. The first-order valence-corrected chi connectivity index (χ1v) is 10.4. The first-order valence-electron chi connectivity index (χ1n) is 10.4. The number of benzene rings is 2. The molecule has 0 aromatic heterocycles. The van der Waals surface area contributed by atoms with Crippen LogP contribution in [-0.2, 0) is 4.79 Å². The van der Waals surface area contributed by atoms with Crippen molar-refractivity contribution in [3.8, 4) is 0 Å². The van der Waals surface area contributed by atoms with Crippen LogP contribution in [0, 0.1) is 5.92 Å². The van der Waals surface area contributed by atoms with Crippen molar-refractivity contribution in [1.29, 1.82) is 0 Å². The maximum atomic E-state index is 12.5. The molecule has 0 aliphatic heterocycles. The summed E-state index contributed by atoms with van der Waals surface area (Å²) in [6.07, 6.45) is 1.13. The molecule has 2 rings (SSSR count). The molecular formula is C24H34N3O2+. The smallest absolute Gasteiger partial charge is 0.279 e. The molecule has 156 valence electrons. The Morgan fingerprint density at radius 2 is 1.66 bits per heavy atom. The van der Waals surface area contributed by atoms with Gasteiger partial charge in [-0.15, -0.1) is 0 Å². The lowest BCUT2D eigenvalue weighted by Gasteiger charge is -2.20. The van der Waals surface area contributed by atoms with Gasteiger partial charge in [-0.05, 0) is 36.1 Å². The highest BCUT2D eigenvalue weighted by atomic mass is 16.2. The van der Waals surface area contributed by atoms with Crippen molar-refractivity contribution in [2.24, 2.45) is 5.92 Å². The Morgan fingerprint density at radius 1 is 1.00 bits per heavy atom. The summed E-state index contributed by atoms with van der Waals surface area (Å²) in [7, 11) is 1.59. The second-order valence-corrected chi connectivity index (χ2v) is 7.89. The topological polar surface area (TPSA) is 74.8 Å². The van der Waals surface area contributed by atoms with Crippen LogP contribution in [0.4, 0.5) is 5.69 Å². The molecule has 0 unspecified atom stereocenters. The van der Waals surface area contributed by atoms with Gasteiger partial charge in [-0.2, -0.15) is 0 Å². The fraction of sp³-hybridized carbons (Fsp3) is 0.417. The van der Waals surface area contributed by atoms with Crippen LogP contribution in [0.2, 0.25) is 0 Å². The van der Waals surface area contributed by atoms with Crippen molar-refractivity contribution in [1.82, 2.24) is 5.32 Å². The lowest BCUT2D eigenvalue weighted by molar-refractivity contribution is -0.692. The standard InChI is InChI=1S/C24H33N3O2/c1-6-17(4)18-10-12-19(13-11-18)23(16(2)3)26-15-22(28)27-21-9-7-8-20(14-21)24(29)25-5/h7-14,16-17,23,26H,6,15H2,1-5H3,(H,25,29)(H,27,28)/p+1/t17-,23-/m0/s1. The normalized spacial score (nSPS) is 13.0. The van der Waals surface area contributed by atoms with Gasteiger partial charge in [0.2, 0.25) is 0 Å². The molecule has 0 aliphatic carbocycles. The molecule has 0 bridgehead atoms. The van der Waals surface area contributed by atoms with Gasteiger partial charge >= 0.3 is 0 Å². The number of amides is 2. The molecule has 0 radical (unpaired) electrons. The van der Waals surface area contributed by atoms with Crippen molar-refractivity contribution in [2.75, 3.05) is 18.9 Å². The Balaban J connectivity index is 2.00. The number of nitrogens with one attached hydrogen (secondary N) is 2. The fourth-order valence-electron chi connectivity index (χ4n) is 3.40. The predicted molar refractivity (Wildman–Crippen MR) is 118 cm³/mol. The molecule has 2 amide bonds. The van der Waals surface area contributed by atoms with Crippen LogP contribution in [0.5, 0.6) is 0 Å². The van der Waals surface area contributed by atoms with Crippen molar-refractivity contribution >= 4 is 17.5 Å². The average molecular weight is 397 g/mol. The highest BCUT2D eigenvalue weighted by molar-refractivity contribution is 5.97. The van der Waals surface area contributed by atoms with E-state index in [1.807, 2.05) is 0 Å². The van der Waals surface area contributed by atoms with E-state index in [9.17, 15) is 9.59 Å². The molecule has 0 aliphatic rings. The summed E-state index contributed by atoms with van der Waals surface area (Å²) in [6, 6.07) is 16.0. The van der Waals surface area contributed by atoms with E-state index in [1.165, 1.54) is 11.1 Å². The molecule has 29 heavy (non-hydrogen) atoms. The van der Waals surface area contributed by atoms with E-state index in [4.69, 9.17) is 0 Å². The van der Waals surface area contributed by atoms with Gasteiger partial charge in [0.05, 0.1) is 0 Å². The number of carbonyl (C=O) groups excluding carboxylic acids is 2. The second kappa shape index (κ2) is 10.8. The molecule has 5 heteroatoms. The summed E-state index contributed by atoms with van der Waals surface area (Å²) in [4.78, 5) is 24.2. The highest BCUT2D eigenvalue weighted by Gasteiger charge is 2.21. The molecule has 0 fully saturated rings. The van der Waals surface area contributed by atoms with Crippen LogP contribution >= 0.6 is 0 Å². The first-order chi connectivity index (χ1) is 13.8. The van der Waals surface area contributed by atoms with E-state index in [2.05, 4.69) is 67.9 Å². The summed E-state index contributed by atoms with van der Waals surface area (Å²) in [5, 5.41) is 7.56. The van der Waals surface area contributed by atoms with Crippen molar-refractivity contribution < 1.29 is 14.9 Å². The van der Waals surface area contributed by atoms with Crippen molar-refractivity contribution in [2.45, 2.75) is 46.1 Å². The molecule has 5 nitrogen and oxygen atoms in total. The maximum Gasteiger partial charge on any atom is 0.279 e. The number of rotatable bonds is 9. The minimum absolute atomic E-state index is 0.0825. The van der Waals surface area contributed by atoms with E-state index < -0.39 is 0 Å². The van der Waals surface area contributed by atoms with Crippen molar-refractivity contribution in [3.05, 3.63) is 65.2 Å². The third-order valence-electron chi connectivity index (χ3n) is 5.41. The molecule has 0 saturated heterocycles. The summed E-state index contributed by atoms with van der Waals surface area (Å²) < 4.78 is 0. The molecule has 0 spiro atoms. The van der Waals surface area contributed by atoms with Crippen LogP contribution < -0.4 is 16.0 Å². The van der Waals surface area contributed by atoms with Gasteiger partial charge < -0.3 is 16.0 Å². The zero-order chi connectivity index (χ0) is 21.4. The van der Waals surface area contributed by atoms with Crippen LogP contribution in [0.1, 0.15) is 67.6 Å². The fourth-order valence-corrected chi connectivity index (χ4v) is 3.40. The van der Waals surface area contributed by atoms with Gasteiger partial charge in [0.1, 0.15) is 6.04 Å². The summed E-state index contributed by atoms with van der Waals surface area (Å²) in [5.74, 6) is 0.699. The van der Waals surface area contributed by atoms with Crippen LogP contribution in [0.3, 0.4) is 0 Å². The quantitative estimate of drug-likeness (QED) is 0.607. The van der Waals surface area contributed by atoms with Gasteiger partial charge in [0, 0.05) is 29.8 Å². The average Bonchev–Trinajstić information content (AvgIpc) is 2.73. The van der Waals surface area contributed by atoms with E-state index in [0.29, 0.717) is 29.6 Å². The Bertz CT molecular complexity index is 815. The zero-order valence-electron chi connectivity index (χ0n) is 18.2. The monoisotopic (exact) mass is 396 g/mol. The van der Waals surface area contributed by atoms with Crippen molar-refractivity contribution in [3.63, 3.8) is 0 Å². The van der Waals surface area contributed by atoms with Gasteiger partial charge in [0.15, 0.2) is 6.54 Å². The Kier molecular flexibility index (Phi) is 8.40. The zero-order valence-corrected chi connectivity index (χ0v) is 18.2. The first kappa shape index (κ1) is 22.6. The van der Waals surface area contributed by atoms with Crippen LogP contribution in [0.15, 0.2) is 48.5 Å². The van der Waals surface area contributed by atoms with E-state index >= 15 is 0 Å². The largest absolute Gasteiger partial charge is 0.355 e. The van der Waals surface area contributed by atoms with E-state index in [1.54, 1.807) is 31.3 Å². The minimum Gasteiger partial charge on any atom is -0.355 e. The number of nitrogens with two attached hydrogens (primary N) is 1. The third kappa shape index (κ3) is 6.43. The minimum atomic E-state index is -0.173. The van der Waals surface area contributed by atoms with Crippen LogP contribution in [-0.4, -0.2) is 25.4 Å². The Labute approximate surface area is 174 Å². The Hall–Kier alpha value is -2.66. The summed E-state index contributed by atoms with van der Waals surface area (Å²) in [6.45, 7) is 9.11. The summed E-state index contributed by atoms with van der Waals surface area (Å²) in [5.41, 5.74) is 3.74. The number of hydrogen-bond donors (Lipinski definition) is 3. The van der Waals surface area contributed by atoms with Crippen LogP contribution in [0.25, 0.3) is 0 Å². The van der Waals surface area contributed by atoms with E-state index in [-0.39, 0.29) is 17.9 Å². The van der Waals surface area contributed by atoms with Gasteiger partial charge in [-0.25, -0.2) is 0 Å².